The summed E-state index contributed by atoms with van der Waals surface area (Å²) in [6.45, 7) is 4.32. The van der Waals surface area contributed by atoms with Crippen molar-refractivity contribution in [2.24, 2.45) is 0 Å². The summed E-state index contributed by atoms with van der Waals surface area (Å²) in [5.41, 5.74) is 10.2. The van der Waals surface area contributed by atoms with Gasteiger partial charge >= 0.3 is 0 Å². The molecule has 0 saturated heterocycles. The van der Waals surface area contributed by atoms with Crippen LogP contribution in [-0.4, -0.2) is 4.98 Å². The molecule has 0 aliphatic carbocycles. The summed E-state index contributed by atoms with van der Waals surface area (Å²) in [6, 6.07) is 32.1. The van der Waals surface area contributed by atoms with E-state index in [1.165, 1.54) is 33.0 Å². The van der Waals surface area contributed by atoms with Gasteiger partial charge in [-0.2, -0.15) is 0 Å². The lowest BCUT2D eigenvalue weighted by Crippen LogP contribution is -1.96. The second-order valence-electron chi connectivity index (χ2n) is 8.16. The number of allylic oxidation sites excluding steroid dienone is 4. The minimum absolute atomic E-state index is 0.998. The van der Waals surface area contributed by atoms with E-state index < -0.39 is 0 Å². The van der Waals surface area contributed by atoms with Gasteiger partial charge < -0.3 is 10.3 Å². The number of hydrogen-bond donors (Lipinski definition) is 2. The Hall–Kier alpha value is -4.30. The number of hydrogen-bond acceptors (Lipinski definition) is 1. The smallest absolute Gasteiger partial charge is 0.0465 e. The number of anilines is 1. The Bertz CT molecular complexity index is 1560. The van der Waals surface area contributed by atoms with E-state index in [1.807, 2.05) is 18.3 Å². The fraction of sp³-hybridized carbons (Fsp3) is 0. The van der Waals surface area contributed by atoms with Crippen molar-refractivity contribution in [1.82, 2.24) is 4.98 Å². The number of H-pyrrole nitrogens is 1. The molecule has 0 fully saturated rings. The molecule has 1 aliphatic rings. The van der Waals surface area contributed by atoms with Crippen LogP contribution in [0.4, 0.5) is 5.69 Å². The van der Waals surface area contributed by atoms with Crippen LogP contribution in [0.5, 0.6) is 0 Å². The van der Waals surface area contributed by atoms with Crippen molar-refractivity contribution in [3.05, 3.63) is 127 Å². The minimum Gasteiger partial charge on any atom is -0.361 e. The number of aromatic nitrogens is 1. The van der Waals surface area contributed by atoms with Gasteiger partial charge in [0.15, 0.2) is 0 Å². The molecular formula is C30H22N2. The topological polar surface area (TPSA) is 27.8 Å². The molecule has 4 aromatic carbocycles. The number of benzene rings is 4. The molecule has 1 aliphatic heterocycles. The van der Waals surface area contributed by atoms with Crippen molar-refractivity contribution in [2.45, 2.75) is 0 Å². The Labute approximate surface area is 187 Å². The van der Waals surface area contributed by atoms with E-state index in [9.17, 15) is 0 Å². The molecule has 2 nitrogen and oxygen atoms in total. The maximum atomic E-state index is 4.32. The molecule has 0 saturated carbocycles. The summed E-state index contributed by atoms with van der Waals surface area (Å²) in [5, 5.41) is 5.90. The van der Waals surface area contributed by atoms with E-state index in [4.69, 9.17) is 0 Å². The number of nitrogens with one attached hydrogen (secondary N) is 2. The molecule has 2 heteroatoms. The molecule has 0 radical (unpaired) electrons. The zero-order chi connectivity index (χ0) is 21.5. The van der Waals surface area contributed by atoms with Crippen molar-refractivity contribution < 1.29 is 0 Å². The monoisotopic (exact) mass is 410 g/mol. The van der Waals surface area contributed by atoms with Crippen LogP contribution < -0.4 is 5.32 Å². The van der Waals surface area contributed by atoms with Crippen molar-refractivity contribution in [1.29, 1.82) is 0 Å². The summed E-state index contributed by atoms with van der Waals surface area (Å²) in [6.07, 6.45) is 6.28. The highest BCUT2D eigenvalue weighted by Gasteiger charge is 2.10. The number of aromatic amines is 1. The van der Waals surface area contributed by atoms with Crippen LogP contribution in [-0.2, 0) is 0 Å². The van der Waals surface area contributed by atoms with Crippen molar-refractivity contribution in [2.75, 3.05) is 5.32 Å². The summed E-state index contributed by atoms with van der Waals surface area (Å²) < 4.78 is 0. The number of fused-ring (bicyclic) bond motifs is 4. The first kappa shape index (κ1) is 18.5. The van der Waals surface area contributed by atoms with Crippen LogP contribution in [0.25, 0.3) is 44.1 Å². The second kappa shape index (κ2) is 7.44. The van der Waals surface area contributed by atoms with Crippen molar-refractivity contribution >= 4 is 38.6 Å². The van der Waals surface area contributed by atoms with Crippen LogP contribution in [0.2, 0.25) is 0 Å². The van der Waals surface area contributed by atoms with Gasteiger partial charge in [-0.25, -0.2) is 0 Å². The molecular weight excluding hydrogens is 388 g/mol. The first-order valence-electron chi connectivity index (χ1n) is 10.8. The lowest BCUT2D eigenvalue weighted by Gasteiger charge is -2.14. The van der Waals surface area contributed by atoms with E-state index in [1.54, 1.807) is 0 Å². The molecule has 5 aromatic rings. The van der Waals surface area contributed by atoms with Crippen LogP contribution in [0.1, 0.15) is 11.1 Å². The predicted molar refractivity (Wildman–Crippen MR) is 137 cm³/mol. The minimum atomic E-state index is 0.998. The van der Waals surface area contributed by atoms with Gasteiger partial charge in [0, 0.05) is 39.3 Å². The molecule has 6 rings (SSSR count). The Kier molecular flexibility index (Phi) is 4.29. The molecule has 0 bridgehead atoms. The average molecular weight is 411 g/mol. The Morgan fingerprint density at radius 2 is 1.41 bits per heavy atom. The van der Waals surface area contributed by atoms with E-state index >= 15 is 0 Å². The fourth-order valence-electron chi connectivity index (χ4n) is 4.51. The highest BCUT2D eigenvalue weighted by atomic mass is 14.8. The second-order valence-corrected chi connectivity index (χ2v) is 8.16. The molecule has 32 heavy (non-hydrogen) atoms. The predicted octanol–water partition coefficient (Wildman–Crippen LogP) is 8.02. The van der Waals surface area contributed by atoms with Gasteiger partial charge in [-0.1, -0.05) is 67.2 Å². The van der Waals surface area contributed by atoms with Gasteiger partial charge in [0.05, 0.1) is 0 Å². The summed E-state index contributed by atoms with van der Waals surface area (Å²) in [4.78, 5) is 3.51. The van der Waals surface area contributed by atoms with Crippen LogP contribution in [0.3, 0.4) is 0 Å². The van der Waals surface area contributed by atoms with Gasteiger partial charge in [-0.15, -0.1) is 0 Å². The molecule has 2 N–H and O–H groups in total. The van der Waals surface area contributed by atoms with Crippen molar-refractivity contribution in [3.8, 4) is 11.1 Å². The quantitative estimate of drug-likeness (QED) is 0.303. The number of para-hydroxylation sites is 2. The SMILES string of the molecule is C=C1/C=C(c2cccc(-c3ccc4[nH]c5ccccc5c4c3)c2)\C=C/Nc2ccccc21. The third-order valence-corrected chi connectivity index (χ3v) is 6.14. The van der Waals surface area contributed by atoms with E-state index in [0.717, 1.165) is 27.9 Å². The highest BCUT2D eigenvalue weighted by molar-refractivity contribution is 6.08. The Balaban J connectivity index is 1.43. The Morgan fingerprint density at radius 1 is 0.625 bits per heavy atom. The molecule has 0 spiro atoms. The largest absolute Gasteiger partial charge is 0.361 e. The lowest BCUT2D eigenvalue weighted by atomic mass is 9.94. The van der Waals surface area contributed by atoms with Crippen LogP contribution in [0, 0.1) is 0 Å². The first-order chi connectivity index (χ1) is 15.8. The third-order valence-electron chi connectivity index (χ3n) is 6.14. The average Bonchev–Trinajstić information content (AvgIpc) is 3.20. The molecule has 0 atom stereocenters. The third kappa shape index (κ3) is 3.14. The maximum absolute atomic E-state index is 4.32. The highest BCUT2D eigenvalue weighted by Crippen LogP contribution is 2.33. The molecule has 1 aromatic heterocycles. The lowest BCUT2D eigenvalue weighted by molar-refractivity contribution is 1.51. The standard InChI is InChI=1S/C30H22N2/c1-20-17-24(15-16-31-28-11-4-2-9-25(20)28)22-8-6-7-21(18-22)23-13-14-30-27(19-23)26-10-3-5-12-29(26)32-30/h2-19,31-32H,1H2/b16-15-,24-17+. The van der Waals surface area contributed by atoms with E-state index in [2.05, 4.69) is 108 Å². The van der Waals surface area contributed by atoms with E-state index in [-0.39, 0.29) is 0 Å². The van der Waals surface area contributed by atoms with Gasteiger partial charge in [0.25, 0.3) is 0 Å². The summed E-state index contributed by atoms with van der Waals surface area (Å²) in [7, 11) is 0. The molecule has 0 amide bonds. The molecule has 2 heterocycles. The Morgan fingerprint density at radius 3 is 2.38 bits per heavy atom. The normalized spacial score (nSPS) is 16.0. The zero-order valence-electron chi connectivity index (χ0n) is 17.6. The van der Waals surface area contributed by atoms with Gasteiger partial charge in [0.2, 0.25) is 0 Å². The zero-order valence-corrected chi connectivity index (χ0v) is 17.6. The van der Waals surface area contributed by atoms with E-state index in [0.29, 0.717) is 0 Å². The summed E-state index contributed by atoms with van der Waals surface area (Å²) in [5.74, 6) is 0. The fourth-order valence-corrected chi connectivity index (χ4v) is 4.51. The van der Waals surface area contributed by atoms with Crippen molar-refractivity contribution in [3.63, 3.8) is 0 Å². The molecule has 152 valence electrons. The first-order valence-corrected chi connectivity index (χ1v) is 10.8. The van der Waals surface area contributed by atoms with Crippen LogP contribution >= 0.6 is 0 Å². The molecule has 0 unspecified atom stereocenters. The maximum Gasteiger partial charge on any atom is 0.0465 e. The van der Waals surface area contributed by atoms with Gasteiger partial charge in [-0.3, -0.25) is 0 Å². The summed E-state index contributed by atoms with van der Waals surface area (Å²) >= 11 is 0. The van der Waals surface area contributed by atoms with Gasteiger partial charge in [0.1, 0.15) is 0 Å². The number of rotatable bonds is 2. The van der Waals surface area contributed by atoms with Gasteiger partial charge in [-0.05, 0) is 70.3 Å². The van der Waals surface area contributed by atoms with Crippen LogP contribution in [0.15, 0.2) is 116 Å².